The summed E-state index contributed by atoms with van der Waals surface area (Å²) < 4.78 is 6.10. The summed E-state index contributed by atoms with van der Waals surface area (Å²) in [6, 6.07) is 11.0. The fourth-order valence-electron chi connectivity index (χ4n) is 5.12. The fourth-order valence-corrected chi connectivity index (χ4v) is 5.12. The van der Waals surface area contributed by atoms with Crippen molar-refractivity contribution < 1.29 is 4.74 Å². The van der Waals surface area contributed by atoms with Gasteiger partial charge in [0.2, 0.25) is 0 Å². The molecule has 0 amide bonds. The van der Waals surface area contributed by atoms with Gasteiger partial charge in [-0.25, -0.2) is 0 Å². The van der Waals surface area contributed by atoms with E-state index in [1.807, 2.05) is 0 Å². The van der Waals surface area contributed by atoms with E-state index in [1.165, 1.54) is 89.8 Å². The minimum Gasteiger partial charge on any atom is -0.378 e. The standard InChI is InChI=1S/C22H34N2O/c1-3-8-20(9-4-1)24-16-13-22(19-24)12-15-23(18-22)14-7-17-25-21-10-5-2-6-11-21/h1,3-4,8-9,21H,2,5-7,10-19H2. The Balaban J connectivity index is 1.18. The highest BCUT2D eigenvalue weighted by molar-refractivity contribution is 5.47. The molecule has 4 rings (SSSR count). The number of ether oxygens (including phenoxy) is 1. The van der Waals surface area contributed by atoms with Crippen LogP contribution in [0.25, 0.3) is 0 Å². The molecule has 1 aromatic rings. The highest BCUT2D eigenvalue weighted by Crippen LogP contribution is 2.41. The zero-order valence-corrected chi connectivity index (χ0v) is 15.7. The van der Waals surface area contributed by atoms with Gasteiger partial charge < -0.3 is 14.5 Å². The number of anilines is 1. The molecule has 1 unspecified atom stereocenters. The van der Waals surface area contributed by atoms with Crippen LogP contribution in [-0.4, -0.2) is 50.3 Å². The second-order valence-corrected chi connectivity index (χ2v) is 8.52. The van der Waals surface area contributed by atoms with Gasteiger partial charge in [0.05, 0.1) is 6.10 Å². The lowest BCUT2D eigenvalue weighted by Gasteiger charge is -2.26. The van der Waals surface area contributed by atoms with Gasteiger partial charge >= 0.3 is 0 Å². The van der Waals surface area contributed by atoms with Gasteiger partial charge in [0.25, 0.3) is 0 Å². The third kappa shape index (κ3) is 4.38. The van der Waals surface area contributed by atoms with Gasteiger partial charge in [-0.15, -0.1) is 0 Å². The van der Waals surface area contributed by atoms with Crippen LogP contribution >= 0.6 is 0 Å². The largest absolute Gasteiger partial charge is 0.378 e. The van der Waals surface area contributed by atoms with Gasteiger partial charge in [-0.05, 0) is 50.8 Å². The normalized spacial score (nSPS) is 28.2. The average Bonchev–Trinajstić information content (AvgIpc) is 3.27. The van der Waals surface area contributed by atoms with E-state index >= 15 is 0 Å². The molecule has 0 N–H and O–H groups in total. The van der Waals surface area contributed by atoms with Crippen molar-refractivity contribution in [2.24, 2.45) is 5.41 Å². The van der Waals surface area contributed by atoms with Crippen molar-refractivity contribution in [3.63, 3.8) is 0 Å². The summed E-state index contributed by atoms with van der Waals surface area (Å²) in [5.41, 5.74) is 1.94. The van der Waals surface area contributed by atoms with Crippen molar-refractivity contribution >= 4 is 5.69 Å². The quantitative estimate of drug-likeness (QED) is 0.716. The Kier molecular flexibility index (Phi) is 5.62. The zero-order valence-electron chi connectivity index (χ0n) is 15.7. The van der Waals surface area contributed by atoms with Crippen LogP contribution in [0.2, 0.25) is 0 Å². The molecule has 0 radical (unpaired) electrons. The number of hydrogen-bond donors (Lipinski definition) is 0. The molecule has 25 heavy (non-hydrogen) atoms. The van der Waals surface area contributed by atoms with Gasteiger partial charge in [-0.2, -0.15) is 0 Å². The Hall–Kier alpha value is -1.06. The molecule has 1 saturated carbocycles. The highest BCUT2D eigenvalue weighted by Gasteiger charge is 2.43. The first-order valence-electron chi connectivity index (χ1n) is 10.5. The number of benzene rings is 1. The summed E-state index contributed by atoms with van der Waals surface area (Å²) >= 11 is 0. The number of hydrogen-bond acceptors (Lipinski definition) is 3. The first-order chi connectivity index (χ1) is 12.3. The van der Waals surface area contributed by atoms with E-state index in [2.05, 4.69) is 40.1 Å². The third-order valence-electron chi connectivity index (χ3n) is 6.60. The predicted octanol–water partition coefficient (Wildman–Crippen LogP) is 4.33. The molecule has 0 aromatic heterocycles. The highest BCUT2D eigenvalue weighted by atomic mass is 16.5. The molecule has 0 bridgehead atoms. The summed E-state index contributed by atoms with van der Waals surface area (Å²) in [6.07, 6.45) is 11.2. The zero-order chi connectivity index (χ0) is 17.0. The Morgan fingerprint density at radius 2 is 1.76 bits per heavy atom. The first-order valence-corrected chi connectivity index (χ1v) is 10.5. The van der Waals surface area contributed by atoms with Crippen molar-refractivity contribution in [3.8, 4) is 0 Å². The van der Waals surface area contributed by atoms with E-state index in [9.17, 15) is 0 Å². The fraction of sp³-hybridized carbons (Fsp3) is 0.727. The van der Waals surface area contributed by atoms with E-state index < -0.39 is 0 Å². The number of likely N-dealkylation sites (tertiary alicyclic amines) is 1. The van der Waals surface area contributed by atoms with Crippen LogP contribution in [0.3, 0.4) is 0 Å². The summed E-state index contributed by atoms with van der Waals surface area (Å²) in [4.78, 5) is 5.29. The lowest BCUT2D eigenvalue weighted by atomic mass is 9.86. The third-order valence-corrected chi connectivity index (χ3v) is 6.60. The van der Waals surface area contributed by atoms with Gasteiger partial charge in [-0.3, -0.25) is 0 Å². The molecule has 1 aromatic carbocycles. The van der Waals surface area contributed by atoms with E-state index in [0.717, 1.165) is 6.61 Å². The SMILES string of the molecule is c1ccc(N2CCC3(CCN(CCCOC4CCCCC4)C3)C2)cc1. The lowest BCUT2D eigenvalue weighted by molar-refractivity contribution is 0.0239. The molecule has 3 aliphatic rings. The van der Waals surface area contributed by atoms with E-state index in [-0.39, 0.29) is 0 Å². The Morgan fingerprint density at radius 1 is 0.960 bits per heavy atom. The maximum atomic E-state index is 6.10. The van der Waals surface area contributed by atoms with Crippen molar-refractivity contribution in [2.45, 2.75) is 57.5 Å². The Morgan fingerprint density at radius 3 is 2.60 bits per heavy atom. The molecule has 3 fully saturated rings. The Bertz CT molecular complexity index is 528. The topological polar surface area (TPSA) is 15.7 Å². The summed E-state index contributed by atoms with van der Waals surface area (Å²) in [5.74, 6) is 0. The van der Waals surface area contributed by atoms with Crippen molar-refractivity contribution in [2.75, 3.05) is 44.2 Å². The van der Waals surface area contributed by atoms with Crippen LogP contribution in [0.15, 0.2) is 30.3 Å². The minimum absolute atomic E-state index is 0.542. The second kappa shape index (κ2) is 8.09. The molecule has 2 aliphatic heterocycles. The maximum Gasteiger partial charge on any atom is 0.0575 e. The van der Waals surface area contributed by atoms with Crippen LogP contribution in [0, 0.1) is 5.41 Å². The van der Waals surface area contributed by atoms with E-state index in [0.29, 0.717) is 11.5 Å². The molecule has 1 aliphatic carbocycles. The molecule has 2 heterocycles. The summed E-state index contributed by atoms with van der Waals surface area (Å²) in [5, 5.41) is 0. The van der Waals surface area contributed by atoms with Crippen LogP contribution in [0.1, 0.15) is 51.4 Å². The number of rotatable bonds is 6. The van der Waals surface area contributed by atoms with Crippen LogP contribution in [0.4, 0.5) is 5.69 Å². The van der Waals surface area contributed by atoms with Crippen LogP contribution in [-0.2, 0) is 4.74 Å². The predicted molar refractivity (Wildman–Crippen MR) is 104 cm³/mol. The van der Waals surface area contributed by atoms with E-state index in [1.54, 1.807) is 0 Å². The second-order valence-electron chi connectivity index (χ2n) is 8.52. The van der Waals surface area contributed by atoms with E-state index in [4.69, 9.17) is 4.74 Å². The smallest absolute Gasteiger partial charge is 0.0575 e. The summed E-state index contributed by atoms with van der Waals surface area (Å²) in [6.45, 7) is 7.23. The molecule has 2 saturated heterocycles. The monoisotopic (exact) mass is 342 g/mol. The molecular weight excluding hydrogens is 308 g/mol. The molecule has 138 valence electrons. The van der Waals surface area contributed by atoms with Gasteiger partial charge in [0.1, 0.15) is 0 Å². The summed E-state index contributed by atoms with van der Waals surface area (Å²) in [7, 11) is 0. The molecular formula is C22H34N2O. The van der Waals surface area contributed by atoms with Gasteiger partial charge in [0, 0.05) is 43.9 Å². The molecule has 3 nitrogen and oxygen atoms in total. The van der Waals surface area contributed by atoms with Crippen molar-refractivity contribution in [1.29, 1.82) is 0 Å². The number of para-hydroxylation sites is 1. The average molecular weight is 343 g/mol. The first kappa shape index (κ1) is 17.4. The van der Waals surface area contributed by atoms with Crippen molar-refractivity contribution in [3.05, 3.63) is 30.3 Å². The molecule has 1 atom stereocenters. The van der Waals surface area contributed by atoms with Crippen molar-refractivity contribution in [1.82, 2.24) is 4.90 Å². The van der Waals surface area contributed by atoms with Gasteiger partial charge in [0.15, 0.2) is 0 Å². The minimum atomic E-state index is 0.542. The Labute approximate surface area is 153 Å². The van der Waals surface area contributed by atoms with Gasteiger partial charge in [-0.1, -0.05) is 37.5 Å². The molecule has 3 heteroatoms. The molecule has 1 spiro atoms. The van der Waals surface area contributed by atoms with Crippen LogP contribution in [0.5, 0.6) is 0 Å². The number of nitrogens with zero attached hydrogens (tertiary/aromatic N) is 2. The lowest BCUT2D eigenvalue weighted by Crippen LogP contribution is -2.31. The maximum absolute atomic E-state index is 6.10. The van der Waals surface area contributed by atoms with Crippen LogP contribution < -0.4 is 4.90 Å².